The molecule has 27 heavy (non-hydrogen) atoms. The molecule has 0 saturated carbocycles. The number of aromatic nitrogens is 1. The van der Waals surface area contributed by atoms with E-state index in [1.165, 1.54) is 23.5 Å². The summed E-state index contributed by atoms with van der Waals surface area (Å²) in [4.78, 5) is 28.1. The monoisotopic (exact) mass is 403 g/mol. The Hall–Kier alpha value is -2.97. The molecule has 0 aliphatic carbocycles. The maximum absolute atomic E-state index is 12.4. The second-order valence-electron chi connectivity index (χ2n) is 5.53. The van der Waals surface area contributed by atoms with Crippen molar-refractivity contribution >= 4 is 39.7 Å². The normalized spacial score (nSPS) is 10.5. The summed E-state index contributed by atoms with van der Waals surface area (Å²) in [5.41, 5.74) is 1.45. The summed E-state index contributed by atoms with van der Waals surface area (Å²) in [5.74, 6) is 0.245. The zero-order valence-electron chi connectivity index (χ0n) is 14.4. The van der Waals surface area contributed by atoms with Gasteiger partial charge in [-0.25, -0.2) is 4.98 Å². The highest BCUT2D eigenvalue weighted by atomic mass is 35.5. The first-order chi connectivity index (χ1) is 12.9. The number of carbonyl (C=O) groups excluding carboxylic acids is 1. The summed E-state index contributed by atoms with van der Waals surface area (Å²) < 4.78 is 5.14. The highest BCUT2D eigenvalue weighted by Gasteiger charge is 2.18. The van der Waals surface area contributed by atoms with Crippen LogP contribution >= 0.6 is 22.9 Å². The highest BCUT2D eigenvalue weighted by Crippen LogP contribution is 2.32. The van der Waals surface area contributed by atoms with E-state index in [0.29, 0.717) is 5.13 Å². The van der Waals surface area contributed by atoms with Gasteiger partial charge in [-0.3, -0.25) is 20.2 Å². The van der Waals surface area contributed by atoms with Gasteiger partial charge in [0, 0.05) is 22.1 Å². The van der Waals surface area contributed by atoms with Crippen LogP contribution in [0.4, 0.5) is 10.8 Å². The fourth-order valence-electron chi connectivity index (χ4n) is 2.43. The van der Waals surface area contributed by atoms with E-state index in [1.54, 1.807) is 7.11 Å². The summed E-state index contributed by atoms with van der Waals surface area (Å²) in [6.45, 7) is 1.90. The van der Waals surface area contributed by atoms with Gasteiger partial charge in [0.1, 0.15) is 10.8 Å². The predicted octanol–water partition coefficient (Wildman–Crippen LogP) is 4.94. The number of hydrogen-bond donors (Lipinski definition) is 1. The summed E-state index contributed by atoms with van der Waals surface area (Å²) in [6.07, 6.45) is 0. The van der Waals surface area contributed by atoms with Crippen LogP contribution in [-0.4, -0.2) is 22.9 Å². The van der Waals surface area contributed by atoms with Gasteiger partial charge in [-0.2, -0.15) is 0 Å². The largest absolute Gasteiger partial charge is 0.497 e. The molecular formula is C18H14ClN3O4S. The number of anilines is 1. The number of nitrogens with zero attached hydrogens (tertiary/aromatic N) is 2. The molecule has 0 atom stereocenters. The van der Waals surface area contributed by atoms with Gasteiger partial charge in [0.05, 0.1) is 17.7 Å². The fourth-order valence-corrected chi connectivity index (χ4v) is 3.45. The van der Waals surface area contributed by atoms with Gasteiger partial charge in [0.15, 0.2) is 5.13 Å². The first-order valence-electron chi connectivity index (χ1n) is 7.76. The molecule has 3 rings (SSSR count). The average Bonchev–Trinajstić information content (AvgIpc) is 3.02. The lowest BCUT2D eigenvalue weighted by Gasteiger charge is -2.03. The van der Waals surface area contributed by atoms with Crippen LogP contribution in [0.3, 0.4) is 0 Å². The maximum Gasteiger partial charge on any atom is 0.288 e. The van der Waals surface area contributed by atoms with Crippen molar-refractivity contribution in [2.45, 2.75) is 6.92 Å². The van der Waals surface area contributed by atoms with E-state index in [2.05, 4.69) is 10.3 Å². The fraction of sp³-hybridized carbons (Fsp3) is 0.111. The van der Waals surface area contributed by atoms with E-state index in [4.69, 9.17) is 16.3 Å². The lowest BCUT2D eigenvalue weighted by molar-refractivity contribution is -0.384. The zero-order valence-corrected chi connectivity index (χ0v) is 15.9. The molecule has 3 aromatic rings. The maximum atomic E-state index is 12.4. The van der Waals surface area contributed by atoms with Gasteiger partial charge in [-0.1, -0.05) is 11.6 Å². The third kappa shape index (κ3) is 4.07. The molecule has 0 spiro atoms. The smallest absolute Gasteiger partial charge is 0.288 e. The number of methoxy groups -OCH3 is 1. The molecule has 1 amide bonds. The Morgan fingerprint density at radius 2 is 1.96 bits per heavy atom. The van der Waals surface area contributed by atoms with E-state index in [0.717, 1.165) is 28.0 Å². The molecule has 1 heterocycles. The number of thiazole rings is 1. The van der Waals surface area contributed by atoms with Gasteiger partial charge in [-0.05, 0) is 43.3 Å². The molecular weight excluding hydrogens is 390 g/mol. The van der Waals surface area contributed by atoms with Crippen molar-refractivity contribution in [3.05, 3.63) is 68.0 Å². The van der Waals surface area contributed by atoms with Crippen LogP contribution in [0, 0.1) is 17.0 Å². The van der Waals surface area contributed by atoms with Crippen molar-refractivity contribution in [3.8, 4) is 17.0 Å². The third-order valence-electron chi connectivity index (χ3n) is 3.79. The lowest BCUT2D eigenvalue weighted by Crippen LogP contribution is -2.12. The number of amides is 1. The second kappa shape index (κ2) is 7.73. The van der Waals surface area contributed by atoms with Crippen molar-refractivity contribution in [2.75, 3.05) is 12.4 Å². The average molecular weight is 404 g/mol. The molecule has 1 N–H and O–H groups in total. The van der Waals surface area contributed by atoms with Crippen molar-refractivity contribution in [2.24, 2.45) is 0 Å². The molecule has 138 valence electrons. The van der Waals surface area contributed by atoms with Gasteiger partial charge < -0.3 is 4.74 Å². The standard InChI is InChI=1S/C18H14ClN3O4S/c1-10-16(11-3-6-13(26-2)7-4-11)20-18(27-10)21-17(23)12-5-8-14(19)15(9-12)22(24)25/h3-9H,1-2H3,(H,20,21,23). The molecule has 0 bridgehead atoms. The Balaban J connectivity index is 1.83. The molecule has 0 radical (unpaired) electrons. The molecule has 7 nitrogen and oxygen atoms in total. The molecule has 9 heteroatoms. The van der Waals surface area contributed by atoms with Crippen molar-refractivity contribution in [1.82, 2.24) is 4.98 Å². The first-order valence-corrected chi connectivity index (χ1v) is 8.95. The van der Waals surface area contributed by atoms with E-state index >= 15 is 0 Å². The SMILES string of the molecule is COc1ccc(-c2nc(NC(=O)c3ccc(Cl)c([N+](=O)[O-])c3)sc2C)cc1. The molecule has 0 unspecified atom stereocenters. The van der Waals surface area contributed by atoms with E-state index in [1.807, 2.05) is 31.2 Å². The number of nitro benzene ring substituents is 1. The molecule has 0 fully saturated rings. The number of hydrogen-bond acceptors (Lipinski definition) is 6. The predicted molar refractivity (Wildman–Crippen MR) is 105 cm³/mol. The highest BCUT2D eigenvalue weighted by molar-refractivity contribution is 7.16. The number of benzene rings is 2. The molecule has 0 saturated heterocycles. The Morgan fingerprint density at radius 3 is 2.59 bits per heavy atom. The van der Waals surface area contributed by atoms with Crippen LogP contribution in [0.15, 0.2) is 42.5 Å². The summed E-state index contributed by atoms with van der Waals surface area (Å²) in [5, 5.41) is 14.0. The number of nitrogens with one attached hydrogen (secondary N) is 1. The van der Waals surface area contributed by atoms with E-state index in [-0.39, 0.29) is 16.3 Å². The first kappa shape index (κ1) is 18.8. The van der Waals surface area contributed by atoms with Gasteiger partial charge in [0.25, 0.3) is 11.6 Å². The van der Waals surface area contributed by atoms with Crippen LogP contribution in [0.1, 0.15) is 15.2 Å². The van der Waals surface area contributed by atoms with Crippen LogP contribution < -0.4 is 10.1 Å². The Morgan fingerprint density at radius 1 is 1.26 bits per heavy atom. The molecule has 1 aromatic heterocycles. The van der Waals surface area contributed by atoms with Crippen LogP contribution in [0.2, 0.25) is 5.02 Å². The van der Waals surface area contributed by atoms with Crippen molar-refractivity contribution < 1.29 is 14.5 Å². The molecule has 0 aliphatic rings. The summed E-state index contributed by atoms with van der Waals surface area (Å²) in [7, 11) is 1.60. The van der Waals surface area contributed by atoms with Gasteiger partial charge >= 0.3 is 0 Å². The lowest BCUT2D eigenvalue weighted by atomic mass is 10.1. The quantitative estimate of drug-likeness (QED) is 0.481. The minimum absolute atomic E-state index is 0.0246. The number of rotatable bonds is 5. The van der Waals surface area contributed by atoms with Gasteiger partial charge in [0.2, 0.25) is 0 Å². The summed E-state index contributed by atoms with van der Waals surface area (Å²) in [6, 6.07) is 11.3. The van der Waals surface area contributed by atoms with Crippen LogP contribution in [0.25, 0.3) is 11.3 Å². The van der Waals surface area contributed by atoms with Gasteiger partial charge in [-0.15, -0.1) is 11.3 Å². The van der Waals surface area contributed by atoms with Crippen LogP contribution in [-0.2, 0) is 0 Å². The van der Waals surface area contributed by atoms with E-state index < -0.39 is 10.8 Å². The number of nitro groups is 1. The second-order valence-corrected chi connectivity index (χ2v) is 7.14. The number of halogens is 1. The molecule has 2 aromatic carbocycles. The summed E-state index contributed by atoms with van der Waals surface area (Å²) >= 11 is 7.10. The Bertz CT molecular complexity index is 1020. The number of ether oxygens (including phenoxy) is 1. The Kier molecular flexibility index (Phi) is 5.38. The number of carbonyl (C=O) groups is 1. The minimum atomic E-state index is -0.631. The Labute approximate surface area is 163 Å². The topological polar surface area (TPSA) is 94.4 Å². The van der Waals surface area contributed by atoms with E-state index in [9.17, 15) is 14.9 Å². The minimum Gasteiger partial charge on any atom is -0.497 e. The molecule has 0 aliphatic heterocycles. The zero-order chi connectivity index (χ0) is 19.6. The number of aryl methyl sites for hydroxylation is 1. The van der Waals surface area contributed by atoms with Crippen LogP contribution in [0.5, 0.6) is 5.75 Å². The van der Waals surface area contributed by atoms with Crippen molar-refractivity contribution in [1.29, 1.82) is 0 Å². The van der Waals surface area contributed by atoms with Crippen molar-refractivity contribution in [3.63, 3.8) is 0 Å². The third-order valence-corrected chi connectivity index (χ3v) is 4.99.